The molecule has 2 fully saturated rings. The first-order chi connectivity index (χ1) is 20.4. The molecule has 1 saturated heterocycles. The third-order valence-electron chi connectivity index (χ3n) is 6.15. The molecule has 4 heterocycles. The lowest BCUT2D eigenvalue weighted by Gasteiger charge is -2.21. The monoisotopic (exact) mass is 611 g/mol. The average Bonchev–Trinajstić information content (AvgIpc) is 3.59. The molecule has 15 nitrogen and oxygen atoms in total. The minimum atomic E-state index is -1.08. The maximum atomic E-state index is 13.1. The summed E-state index contributed by atoms with van der Waals surface area (Å²) in [5, 5.41) is 16.3. The van der Waals surface area contributed by atoms with Gasteiger partial charge in [-0.1, -0.05) is 11.6 Å². The van der Waals surface area contributed by atoms with Gasteiger partial charge in [-0.25, -0.2) is 24.3 Å². The Morgan fingerprint density at radius 3 is 2.72 bits per heavy atom. The predicted octanol–water partition coefficient (Wildman–Crippen LogP) is 3.40. The Balaban J connectivity index is 1.32. The number of nitrogens with one attached hydrogen (secondary N) is 4. The number of ether oxygens (including phenoxy) is 2. The summed E-state index contributed by atoms with van der Waals surface area (Å²) in [5.74, 6) is -0.442. The lowest BCUT2D eigenvalue weighted by atomic mass is 10.2. The summed E-state index contributed by atoms with van der Waals surface area (Å²) in [5.41, 5.74) is 0.628. The number of hydrogen-bond acceptors (Lipinski definition) is 11. The molecule has 0 radical (unpaired) electrons. The van der Waals surface area contributed by atoms with E-state index in [1.54, 1.807) is 43.6 Å². The number of nitrogens with zero attached hydrogens (tertiary/aromatic N) is 5. The molecule has 4 amide bonds. The molecule has 226 valence electrons. The molecule has 0 unspecified atom stereocenters. The Kier molecular flexibility index (Phi) is 8.08. The van der Waals surface area contributed by atoms with Crippen molar-refractivity contribution in [1.29, 1.82) is 0 Å². The molecule has 0 aromatic carbocycles. The smallest absolute Gasteiger partial charge is 0.408 e. The Morgan fingerprint density at radius 1 is 1.26 bits per heavy atom. The van der Waals surface area contributed by atoms with Crippen molar-refractivity contribution >= 4 is 64.6 Å². The molecule has 2 aliphatic rings. The number of anilines is 3. The quantitative estimate of drug-likeness (QED) is 0.158. The molecule has 0 bridgehead atoms. The maximum Gasteiger partial charge on any atom is 0.408 e. The van der Waals surface area contributed by atoms with Crippen LogP contribution in [-0.2, 0) is 19.1 Å². The zero-order valence-electron chi connectivity index (χ0n) is 23.8. The van der Waals surface area contributed by atoms with Gasteiger partial charge in [0.15, 0.2) is 12.4 Å². The number of imide groups is 1. The van der Waals surface area contributed by atoms with Crippen molar-refractivity contribution in [3.05, 3.63) is 47.0 Å². The van der Waals surface area contributed by atoms with E-state index in [0.29, 0.717) is 39.6 Å². The molecule has 1 saturated carbocycles. The van der Waals surface area contributed by atoms with Gasteiger partial charge in [0.2, 0.25) is 0 Å². The van der Waals surface area contributed by atoms with Gasteiger partial charge in [-0.15, -0.1) is 0 Å². The molecule has 4 N–H and O–H groups in total. The van der Waals surface area contributed by atoms with E-state index in [9.17, 15) is 19.2 Å². The lowest BCUT2D eigenvalue weighted by Crippen LogP contribution is -2.44. The number of rotatable bonds is 9. The van der Waals surface area contributed by atoms with E-state index in [0.717, 1.165) is 17.7 Å². The summed E-state index contributed by atoms with van der Waals surface area (Å²) in [7, 11) is 0. The first-order valence-electron chi connectivity index (χ1n) is 13.4. The highest BCUT2D eigenvalue weighted by molar-refractivity contribution is 6.33. The number of fused-ring (bicyclic) bond motifs is 1. The highest BCUT2D eigenvalue weighted by atomic mass is 35.5. The highest BCUT2D eigenvalue weighted by Gasteiger charge is 2.35. The number of pyridine rings is 1. The number of aromatic nitrogens is 4. The highest BCUT2D eigenvalue weighted by Crippen LogP contribution is 2.30. The number of urea groups is 1. The molecular weight excluding hydrogens is 582 g/mol. The summed E-state index contributed by atoms with van der Waals surface area (Å²) < 4.78 is 11.8. The molecule has 1 aliphatic carbocycles. The van der Waals surface area contributed by atoms with Crippen LogP contribution in [0.1, 0.15) is 46.1 Å². The van der Waals surface area contributed by atoms with Crippen LogP contribution in [0, 0.1) is 0 Å². The zero-order chi connectivity index (χ0) is 30.9. The summed E-state index contributed by atoms with van der Waals surface area (Å²) in [6.07, 6.45) is 7.31. The fourth-order valence-corrected chi connectivity index (χ4v) is 4.11. The van der Waals surface area contributed by atoms with Gasteiger partial charge in [-0.05, 0) is 52.7 Å². The standard InChI is InChI=1S/C27H30ClN9O6/c1-14(31-26(41)43-27(2,3)4)24(39)42-13-36-23(38)19(34-25(36)40)9-15-11-30-37-21(32-16-5-6-16)10-20(35-22(15)37)33-18-7-8-29-12-17(18)28/h7-12,14,16,32H,5-6,13H2,1-4H3,(H,31,41)(H,34,40)(H,29,33,35)/t14-/m0/s1. The number of alkyl carbamates (subject to hydrolysis) is 1. The molecule has 1 aliphatic heterocycles. The third kappa shape index (κ3) is 7.12. The largest absolute Gasteiger partial charge is 0.444 e. The second-order valence-corrected chi connectivity index (χ2v) is 11.4. The molecule has 43 heavy (non-hydrogen) atoms. The van der Waals surface area contributed by atoms with E-state index in [-0.39, 0.29) is 5.70 Å². The van der Waals surface area contributed by atoms with Crippen LogP contribution in [0.3, 0.4) is 0 Å². The molecule has 3 aromatic heterocycles. The predicted molar refractivity (Wildman–Crippen MR) is 155 cm³/mol. The van der Waals surface area contributed by atoms with Crippen molar-refractivity contribution in [3.8, 4) is 0 Å². The SMILES string of the molecule is C[C@H](NC(=O)OC(C)(C)C)C(=O)OCN1C(=O)NC(=Cc2cnn3c(NC4CC4)cc(Nc4ccncc4Cl)nc23)C1=O. The van der Waals surface area contributed by atoms with E-state index in [1.165, 1.54) is 25.4 Å². The van der Waals surface area contributed by atoms with E-state index in [4.69, 9.17) is 21.1 Å². The van der Waals surface area contributed by atoms with Crippen LogP contribution in [0.2, 0.25) is 5.02 Å². The Bertz CT molecular complexity index is 1630. The van der Waals surface area contributed by atoms with Gasteiger partial charge in [0.1, 0.15) is 29.0 Å². The first-order valence-corrected chi connectivity index (χ1v) is 13.8. The van der Waals surface area contributed by atoms with Crippen molar-refractivity contribution in [1.82, 2.24) is 35.1 Å². The molecule has 3 aromatic rings. The van der Waals surface area contributed by atoms with E-state index in [1.807, 2.05) is 0 Å². The van der Waals surface area contributed by atoms with Crippen LogP contribution in [0.4, 0.5) is 26.9 Å². The first kappa shape index (κ1) is 29.6. The minimum absolute atomic E-state index is 0.0649. The van der Waals surface area contributed by atoms with Crippen molar-refractivity contribution in [2.24, 2.45) is 0 Å². The van der Waals surface area contributed by atoms with Crippen molar-refractivity contribution in [3.63, 3.8) is 0 Å². The van der Waals surface area contributed by atoms with E-state index >= 15 is 0 Å². The van der Waals surface area contributed by atoms with Crippen LogP contribution in [-0.4, -0.2) is 72.9 Å². The van der Waals surface area contributed by atoms with Gasteiger partial charge in [0.25, 0.3) is 5.91 Å². The zero-order valence-corrected chi connectivity index (χ0v) is 24.6. The van der Waals surface area contributed by atoms with Crippen LogP contribution in [0.25, 0.3) is 11.7 Å². The van der Waals surface area contributed by atoms with Gasteiger partial charge >= 0.3 is 18.1 Å². The van der Waals surface area contributed by atoms with Gasteiger partial charge in [0.05, 0.1) is 16.9 Å². The second-order valence-electron chi connectivity index (χ2n) is 10.9. The lowest BCUT2D eigenvalue weighted by molar-refractivity contribution is -0.150. The average molecular weight is 612 g/mol. The van der Waals surface area contributed by atoms with Gasteiger partial charge < -0.3 is 30.7 Å². The molecule has 5 rings (SSSR count). The van der Waals surface area contributed by atoms with Crippen LogP contribution in [0.15, 0.2) is 36.4 Å². The molecule has 1 atom stereocenters. The number of halogens is 1. The topological polar surface area (TPSA) is 181 Å². The fraction of sp³-hybridized carbons (Fsp3) is 0.370. The summed E-state index contributed by atoms with van der Waals surface area (Å²) in [6.45, 7) is 5.77. The molecular formula is C27H30ClN9O6. The van der Waals surface area contributed by atoms with Gasteiger partial charge in [0, 0.05) is 30.1 Å². The maximum absolute atomic E-state index is 13.1. The Hall–Kier alpha value is -4.92. The second kappa shape index (κ2) is 11.8. The third-order valence-corrected chi connectivity index (χ3v) is 6.45. The molecule has 0 spiro atoms. The van der Waals surface area contributed by atoms with Crippen molar-refractivity contribution < 1.29 is 28.7 Å². The Morgan fingerprint density at radius 2 is 2.02 bits per heavy atom. The normalized spacial score (nSPS) is 16.7. The number of carbonyl (C=O) groups excluding carboxylic acids is 4. The van der Waals surface area contributed by atoms with Crippen molar-refractivity contribution in [2.45, 2.75) is 58.2 Å². The number of carbonyl (C=O) groups is 4. The summed E-state index contributed by atoms with van der Waals surface area (Å²) in [4.78, 5) is 59.3. The van der Waals surface area contributed by atoms with Crippen LogP contribution < -0.4 is 21.3 Å². The van der Waals surface area contributed by atoms with Crippen molar-refractivity contribution in [2.75, 3.05) is 17.4 Å². The Labute approximate surface area is 251 Å². The van der Waals surface area contributed by atoms with Gasteiger partial charge in [-0.2, -0.15) is 9.61 Å². The van der Waals surface area contributed by atoms with Gasteiger partial charge in [-0.3, -0.25) is 9.78 Å². The minimum Gasteiger partial charge on any atom is -0.444 e. The number of amides is 4. The van der Waals surface area contributed by atoms with Crippen LogP contribution in [0.5, 0.6) is 0 Å². The van der Waals surface area contributed by atoms with E-state index < -0.39 is 42.4 Å². The number of esters is 1. The van der Waals surface area contributed by atoms with E-state index in [2.05, 4.69) is 36.3 Å². The molecule has 16 heteroatoms. The summed E-state index contributed by atoms with van der Waals surface area (Å²) >= 11 is 6.27. The summed E-state index contributed by atoms with van der Waals surface area (Å²) in [6, 6.07) is 1.95. The van der Waals surface area contributed by atoms with Crippen LogP contribution >= 0.6 is 11.6 Å². The number of hydrogen-bond donors (Lipinski definition) is 4. The fourth-order valence-electron chi connectivity index (χ4n) is 3.94.